The average molecular weight is 290 g/mol. The molecule has 4 heteroatoms. The number of nitrogens with zero attached hydrogens (tertiary/aromatic N) is 1. The van der Waals surface area contributed by atoms with Crippen molar-refractivity contribution in [2.24, 2.45) is 0 Å². The van der Waals surface area contributed by atoms with Gasteiger partial charge in [-0.05, 0) is 30.2 Å². The van der Waals surface area contributed by atoms with E-state index in [0.29, 0.717) is 13.2 Å². The molecule has 0 radical (unpaired) electrons. The van der Waals surface area contributed by atoms with E-state index in [9.17, 15) is 0 Å². The van der Waals surface area contributed by atoms with Crippen molar-refractivity contribution in [1.29, 1.82) is 0 Å². The van der Waals surface area contributed by atoms with Gasteiger partial charge in [0.05, 0.1) is 12.7 Å². The summed E-state index contributed by atoms with van der Waals surface area (Å²) in [5, 5.41) is 9.00. The summed E-state index contributed by atoms with van der Waals surface area (Å²) in [5.41, 5.74) is 1.10. The van der Waals surface area contributed by atoms with Crippen LogP contribution in [0.1, 0.15) is 25.3 Å². The Morgan fingerprint density at radius 1 is 1.29 bits per heavy atom. The van der Waals surface area contributed by atoms with E-state index in [-0.39, 0.29) is 6.61 Å². The van der Waals surface area contributed by atoms with Crippen molar-refractivity contribution in [2.75, 3.05) is 32.9 Å². The molecule has 1 aromatic rings. The molecule has 1 aliphatic heterocycles. The Labute approximate surface area is 126 Å². The van der Waals surface area contributed by atoms with Crippen LogP contribution in [0.5, 0.6) is 5.75 Å². The van der Waals surface area contributed by atoms with E-state index in [2.05, 4.69) is 6.92 Å². The van der Waals surface area contributed by atoms with Gasteiger partial charge in [0.2, 0.25) is 0 Å². The van der Waals surface area contributed by atoms with Crippen molar-refractivity contribution in [3.05, 3.63) is 35.9 Å². The zero-order chi connectivity index (χ0) is 14.9. The van der Waals surface area contributed by atoms with Crippen LogP contribution in [0.4, 0.5) is 0 Å². The van der Waals surface area contributed by atoms with Gasteiger partial charge in [0.15, 0.2) is 19.7 Å². The van der Waals surface area contributed by atoms with Crippen molar-refractivity contribution >= 4 is 12.0 Å². The van der Waals surface area contributed by atoms with Gasteiger partial charge in [0.25, 0.3) is 0 Å². The molecule has 0 spiro atoms. The number of unbranched alkanes of at least 4 members (excludes halogenated alkanes) is 1. The van der Waals surface area contributed by atoms with Gasteiger partial charge in [-0.2, -0.15) is 4.58 Å². The monoisotopic (exact) mass is 290 g/mol. The average Bonchev–Trinajstić information content (AvgIpc) is 2.94. The summed E-state index contributed by atoms with van der Waals surface area (Å²) < 4.78 is 13.2. The molecule has 0 amide bonds. The van der Waals surface area contributed by atoms with E-state index in [1.807, 2.05) is 41.0 Å². The molecule has 0 bridgehead atoms. The van der Waals surface area contributed by atoms with Crippen molar-refractivity contribution in [3.8, 4) is 5.75 Å². The second-order valence-corrected chi connectivity index (χ2v) is 5.00. The summed E-state index contributed by atoms with van der Waals surface area (Å²) in [6.07, 6.45) is 6.19. The largest absolute Gasteiger partial charge is 0.494 e. The van der Waals surface area contributed by atoms with Crippen molar-refractivity contribution in [3.63, 3.8) is 0 Å². The minimum Gasteiger partial charge on any atom is -0.494 e. The number of hydrogen-bond donors (Lipinski definition) is 1. The molecule has 0 saturated carbocycles. The Morgan fingerprint density at radius 2 is 2.10 bits per heavy atom. The van der Waals surface area contributed by atoms with Crippen LogP contribution in [0.25, 0.3) is 6.08 Å². The Balaban J connectivity index is 1.93. The zero-order valence-electron chi connectivity index (χ0n) is 12.6. The molecule has 2 rings (SSSR count). The number of benzene rings is 1. The lowest BCUT2D eigenvalue weighted by molar-refractivity contribution is -0.519. The lowest BCUT2D eigenvalue weighted by Crippen LogP contribution is -2.18. The standard InChI is InChI=1S/C17H24NO3/c1-2-3-13-20-16-7-4-15(5-8-16)6-9-17-18(10-12-19)11-14-21-17/h4-9,19H,2-3,10-14H2,1H3/q+1/b9-6+. The lowest BCUT2D eigenvalue weighted by Gasteiger charge is -2.04. The van der Waals surface area contributed by atoms with Crippen LogP contribution < -0.4 is 4.74 Å². The summed E-state index contributed by atoms with van der Waals surface area (Å²) in [6.45, 7) is 5.20. The van der Waals surface area contributed by atoms with Gasteiger partial charge in [-0.25, -0.2) is 0 Å². The summed E-state index contributed by atoms with van der Waals surface area (Å²) in [4.78, 5) is 0. The molecule has 0 fully saturated rings. The van der Waals surface area contributed by atoms with Gasteiger partial charge in [0, 0.05) is 0 Å². The van der Waals surface area contributed by atoms with Crippen LogP contribution in [0, 0.1) is 0 Å². The minimum atomic E-state index is 0.143. The zero-order valence-corrected chi connectivity index (χ0v) is 12.6. The molecule has 1 aliphatic rings. The lowest BCUT2D eigenvalue weighted by atomic mass is 10.2. The molecule has 0 saturated heterocycles. The first-order chi connectivity index (χ1) is 10.3. The van der Waals surface area contributed by atoms with Gasteiger partial charge in [-0.1, -0.05) is 25.5 Å². The van der Waals surface area contributed by atoms with E-state index < -0.39 is 0 Å². The smallest absolute Gasteiger partial charge is 0.362 e. The molecule has 0 atom stereocenters. The Hall–Kier alpha value is -1.81. The van der Waals surface area contributed by atoms with Gasteiger partial charge >= 0.3 is 5.90 Å². The second kappa shape index (κ2) is 8.47. The SMILES string of the molecule is CCCCOc1ccc(/C=C/C2=[N+](CCO)CCO2)cc1. The molecule has 1 heterocycles. The number of aliphatic hydroxyl groups excluding tert-OH is 1. The highest BCUT2D eigenvalue weighted by atomic mass is 16.5. The highest BCUT2D eigenvalue weighted by molar-refractivity contribution is 5.88. The van der Waals surface area contributed by atoms with Crippen LogP contribution in [0.2, 0.25) is 0 Å². The molecule has 1 aromatic carbocycles. The quantitative estimate of drug-likeness (QED) is 0.590. The van der Waals surface area contributed by atoms with Crippen LogP contribution in [0.15, 0.2) is 30.3 Å². The maximum Gasteiger partial charge on any atom is 0.362 e. The molecule has 1 N–H and O–H groups in total. The summed E-state index contributed by atoms with van der Waals surface area (Å²) in [5.74, 6) is 1.74. The Morgan fingerprint density at radius 3 is 2.81 bits per heavy atom. The van der Waals surface area contributed by atoms with Gasteiger partial charge < -0.3 is 14.6 Å². The normalized spacial score (nSPS) is 14.8. The Bertz CT molecular complexity index is 491. The number of rotatable bonds is 8. The number of hydrogen-bond acceptors (Lipinski definition) is 3. The summed E-state index contributed by atoms with van der Waals surface area (Å²) >= 11 is 0. The predicted octanol–water partition coefficient (Wildman–Crippen LogP) is 2.31. The molecule has 21 heavy (non-hydrogen) atoms. The molecule has 0 aromatic heterocycles. The van der Waals surface area contributed by atoms with E-state index in [0.717, 1.165) is 43.2 Å². The van der Waals surface area contributed by atoms with E-state index in [1.165, 1.54) is 0 Å². The maximum atomic E-state index is 9.00. The fourth-order valence-electron chi connectivity index (χ4n) is 2.14. The summed E-state index contributed by atoms with van der Waals surface area (Å²) in [6, 6.07) is 8.04. The second-order valence-electron chi connectivity index (χ2n) is 5.00. The van der Waals surface area contributed by atoms with Gasteiger partial charge in [-0.3, -0.25) is 0 Å². The summed E-state index contributed by atoms with van der Waals surface area (Å²) in [7, 11) is 0. The number of β-amino-alcohol motifs (C(OH)–C–C–N with tert-alkyl or cyclic N) is 1. The van der Waals surface area contributed by atoms with E-state index >= 15 is 0 Å². The molecule has 0 unspecified atom stereocenters. The highest BCUT2D eigenvalue weighted by Crippen LogP contribution is 2.14. The Kier molecular flexibility index (Phi) is 6.28. The molecular weight excluding hydrogens is 266 g/mol. The predicted molar refractivity (Wildman–Crippen MR) is 83.9 cm³/mol. The van der Waals surface area contributed by atoms with Crippen LogP contribution >= 0.6 is 0 Å². The van der Waals surface area contributed by atoms with Gasteiger partial charge in [0.1, 0.15) is 12.4 Å². The number of ether oxygens (including phenoxy) is 2. The third-order valence-electron chi connectivity index (χ3n) is 3.36. The first kappa shape index (κ1) is 15.6. The molecule has 0 aliphatic carbocycles. The van der Waals surface area contributed by atoms with Gasteiger partial charge in [-0.15, -0.1) is 0 Å². The van der Waals surface area contributed by atoms with Crippen LogP contribution in [-0.2, 0) is 4.74 Å². The topological polar surface area (TPSA) is 41.7 Å². The first-order valence-corrected chi connectivity index (χ1v) is 7.60. The third-order valence-corrected chi connectivity index (χ3v) is 3.36. The minimum absolute atomic E-state index is 0.143. The number of aliphatic hydroxyl groups is 1. The molecular formula is C17H24NO3+. The van der Waals surface area contributed by atoms with Crippen molar-refractivity contribution < 1.29 is 19.2 Å². The van der Waals surface area contributed by atoms with Crippen molar-refractivity contribution in [1.82, 2.24) is 0 Å². The van der Waals surface area contributed by atoms with Crippen LogP contribution in [0.3, 0.4) is 0 Å². The van der Waals surface area contributed by atoms with Crippen LogP contribution in [-0.4, -0.2) is 48.5 Å². The molecule has 4 nitrogen and oxygen atoms in total. The van der Waals surface area contributed by atoms with E-state index in [1.54, 1.807) is 0 Å². The van der Waals surface area contributed by atoms with E-state index in [4.69, 9.17) is 14.6 Å². The third kappa shape index (κ3) is 4.90. The fraction of sp³-hybridized carbons (Fsp3) is 0.471. The highest BCUT2D eigenvalue weighted by Gasteiger charge is 2.20. The first-order valence-electron chi connectivity index (χ1n) is 7.60. The maximum absolute atomic E-state index is 9.00. The fourth-order valence-corrected chi connectivity index (χ4v) is 2.14. The van der Waals surface area contributed by atoms with Crippen molar-refractivity contribution in [2.45, 2.75) is 19.8 Å². The molecule has 114 valence electrons.